The first-order valence-electron chi connectivity index (χ1n) is 8.19. The molecule has 0 radical (unpaired) electrons. The molecule has 146 valence electrons. The van der Waals surface area contributed by atoms with Crippen molar-refractivity contribution in [2.45, 2.75) is 31.7 Å². The molecule has 0 saturated carbocycles. The molecule has 2 atom stereocenters. The Morgan fingerprint density at radius 1 is 1.23 bits per heavy atom. The van der Waals surface area contributed by atoms with Gasteiger partial charge in [0, 0.05) is 24.7 Å². The van der Waals surface area contributed by atoms with E-state index < -0.39 is 23.8 Å². The minimum absolute atomic E-state index is 0.0414. The summed E-state index contributed by atoms with van der Waals surface area (Å²) in [4.78, 5) is 23.9. The van der Waals surface area contributed by atoms with Crippen molar-refractivity contribution in [3.8, 4) is 11.5 Å². The van der Waals surface area contributed by atoms with Crippen LogP contribution in [-0.2, 0) is 20.2 Å². The first kappa shape index (κ1) is 22.1. The summed E-state index contributed by atoms with van der Waals surface area (Å²) in [6.45, 7) is -0.168. The number of carboxylic acids is 1. The van der Waals surface area contributed by atoms with Gasteiger partial charge < -0.3 is 29.9 Å². The van der Waals surface area contributed by atoms with E-state index in [0.29, 0.717) is 24.2 Å². The van der Waals surface area contributed by atoms with Crippen LogP contribution in [0.4, 0.5) is 0 Å². The predicted molar refractivity (Wildman–Crippen MR) is 96.9 cm³/mol. The molecule has 26 heavy (non-hydrogen) atoms. The molecule has 0 bridgehead atoms. The highest BCUT2D eigenvalue weighted by molar-refractivity contribution is 7.94. The number of aliphatic hydroxyl groups excluding tert-OH is 1. The Balaban J connectivity index is 2.71. The number of nitrogens with one attached hydrogen (secondary N) is 1. The van der Waals surface area contributed by atoms with E-state index in [-0.39, 0.29) is 30.9 Å². The highest BCUT2D eigenvalue weighted by Crippen LogP contribution is 2.25. The Bertz CT molecular complexity index is 596. The molecule has 1 aromatic carbocycles. The molecule has 0 aromatic heterocycles. The number of amides is 1. The SMILES string of the molecule is COSCCCC(CCO)C(=O)NC(Cc1ccc(O)c(O)c1)C(=O)O. The van der Waals surface area contributed by atoms with Crippen LogP contribution in [0.2, 0.25) is 0 Å². The number of carboxylic acid groups (broad SMARTS) is 1. The second-order valence-electron chi connectivity index (χ2n) is 5.77. The Labute approximate surface area is 156 Å². The van der Waals surface area contributed by atoms with Crippen molar-refractivity contribution in [1.82, 2.24) is 5.32 Å². The van der Waals surface area contributed by atoms with Crippen LogP contribution < -0.4 is 5.32 Å². The lowest BCUT2D eigenvalue weighted by Crippen LogP contribution is -2.45. The van der Waals surface area contributed by atoms with E-state index in [9.17, 15) is 24.9 Å². The maximum absolute atomic E-state index is 12.4. The quantitative estimate of drug-likeness (QED) is 0.206. The number of hydrogen-bond donors (Lipinski definition) is 5. The fourth-order valence-corrected chi connectivity index (χ4v) is 2.91. The fraction of sp³-hybridized carbons (Fsp3) is 0.529. The predicted octanol–water partition coefficient (Wildman–Crippen LogP) is 1.28. The highest BCUT2D eigenvalue weighted by Gasteiger charge is 2.25. The van der Waals surface area contributed by atoms with Gasteiger partial charge in [0.25, 0.3) is 0 Å². The first-order valence-corrected chi connectivity index (χ1v) is 9.10. The van der Waals surface area contributed by atoms with Gasteiger partial charge in [-0.2, -0.15) is 0 Å². The van der Waals surface area contributed by atoms with Crippen molar-refractivity contribution in [3.63, 3.8) is 0 Å². The number of aliphatic carboxylic acids is 1. The third kappa shape index (κ3) is 7.51. The second kappa shape index (κ2) is 11.6. The zero-order valence-corrected chi connectivity index (χ0v) is 15.4. The van der Waals surface area contributed by atoms with Gasteiger partial charge in [-0.15, -0.1) is 0 Å². The van der Waals surface area contributed by atoms with Crippen molar-refractivity contribution in [3.05, 3.63) is 23.8 Å². The average molecular weight is 387 g/mol. The van der Waals surface area contributed by atoms with E-state index in [1.54, 1.807) is 7.11 Å². The van der Waals surface area contributed by atoms with Gasteiger partial charge in [0.1, 0.15) is 6.04 Å². The minimum atomic E-state index is -1.20. The van der Waals surface area contributed by atoms with Crippen LogP contribution in [0.1, 0.15) is 24.8 Å². The van der Waals surface area contributed by atoms with Gasteiger partial charge in [-0.25, -0.2) is 4.79 Å². The highest BCUT2D eigenvalue weighted by atomic mass is 32.2. The van der Waals surface area contributed by atoms with Crippen molar-refractivity contribution >= 4 is 23.9 Å². The smallest absolute Gasteiger partial charge is 0.326 e. The van der Waals surface area contributed by atoms with Gasteiger partial charge in [0.2, 0.25) is 5.91 Å². The second-order valence-corrected chi connectivity index (χ2v) is 6.74. The molecule has 0 spiro atoms. The largest absolute Gasteiger partial charge is 0.504 e. The molecule has 9 heteroatoms. The summed E-state index contributed by atoms with van der Waals surface area (Å²) in [5.74, 6) is -2.10. The van der Waals surface area contributed by atoms with E-state index >= 15 is 0 Å². The summed E-state index contributed by atoms with van der Waals surface area (Å²) in [7, 11) is 1.56. The zero-order valence-electron chi connectivity index (χ0n) is 14.6. The molecular weight excluding hydrogens is 362 g/mol. The third-order valence-electron chi connectivity index (χ3n) is 3.84. The first-order chi connectivity index (χ1) is 12.4. The number of aromatic hydroxyl groups is 2. The summed E-state index contributed by atoms with van der Waals surface area (Å²) in [6.07, 6.45) is 1.41. The van der Waals surface area contributed by atoms with Crippen molar-refractivity contribution in [2.75, 3.05) is 19.5 Å². The van der Waals surface area contributed by atoms with Crippen molar-refractivity contribution in [2.24, 2.45) is 5.92 Å². The maximum Gasteiger partial charge on any atom is 0.326 e. The molecule has 0 saturated heterocycles. The number of benzene rings is 1. The van der Waals surface area contributed by atoms with Gasteiger partial charge in [-0.1, -0.05) is 6.07 Å². The molecule has 1 amide bonds. The standard InChI is InChI=1S/C17H25NO7S/c1-25-26-8-2-3-12(6-7-19)16(22)18-13(17(23)24)9-11-4-5-14(20)15(21)10-11/h4-5,10,12-13,19-21H,2-3,6-9H2,1H3,(H,18,22)(H,23,24). The minimum Gasteiger partial charge on any atom is -0.504 e. The topological polar surface area (TPSA) is 136 Å². The Kier molecular flexibility index (Phi) is 9.85. The van der Waals surface area contributed by atoms with Crippen LogP contribution in [0.15, 0.2) is 18.2 Å². The van der Waals surface area contributed by atoms with Crippen LogP contribution in [0.5, 0.6) is 11.5 Å². The van der Waals surface area contributed by atoms with Crippen LogP contribution in [0.3, 0.4) is 0 Å². The van der Waals surface area contributed by atoms with E-state index in [4.69, 9.17) is 9.29 Å². The summed E-state index contributed by atoms with van der Waals surface area (Å²) < 4.78 is 4.88. The molecule has 1 aromatic rings. The van der Waals surface area contributed by atoms with Crippen LogP contribution in [-0.4, -0.2) is 57.8 Å². The number of rotatable bonds is 12. The van der Waals surface area contributed by atoms with Gasteiger partial charge in [-0.3, -0.25) is 4.79 Å². The third-order valence-corrected chi connectivity index (χ3v) is 4.53. The summed E-state index contributed by atoms with van der Waals surface area (Å²) in [5.41, 5.74) is 0.461. The molecule has 0 aliphatic carbocycles. The van der Waals surface area contributed by atoms with Crippen LogP contribution in [0, 0.1) is 5.92 Å². The van der Waals surface area contributed by atoms with E-state index in [2.05, 4.69) is 5.32 Å². The molecule has 0 fully saturated rings. The van der Waals surface area contributed by atoms with Crippen molar-refractivity contribution < 1.29 is 34.2 Å². The molecule has 0 aliphatic heterocycles. The summed E-state index contributed by atoms with van der Waals surface area (Å²) in [5, 5.41) is 39.8. The Morgan fingerprint density at radius 2 is 1.96 bits per heavy atom. The number of phenols is 2. The normalized spacial score (nSPS) is 13.2. The number of phenolic OH excluding ortho intramolecular Hbond substituents is 2. The molecule has 0 heterocycles. The van der Waals surface area contributed by atoms with Crippen molar-refractivity contribution in [1.29, 1.82) is 0 Å². The molecule has 0 aliphatic rings. The van der Waals surface area contributed by atoms with Gasteiger partial charge in [0.05, 0.1) is 7.11 Å². The Morgan fingerprint density at radius 3 is 2.54 bits per heavy atom. The summed E-state index contributed by atoms with van der Waals surface area (Å²) in [6, 6.07) is 2.81. The lowest BCUT2D eigenvalue weighted by Gasteiger charge is -2.20. The van der Waals surface area contributed by atoms with Gasteiger partial charge in [0.15, 0.2) is 11.5 Å². The van der Waals surface area contributed by atoms with Crippen LogP contribution in [0.25, 0.3) is 0 Å². The molecular formula is C17H25NO7S. The zero-order chi connectivity index (χ0) is 19.5. The lowest BCUT2D eigenvalue weighted by molar-refractivity contribution is -0.142. The lowest BCUT2D eigenvalue weighted by atomic mass is 9.98. The van der Waals surface area contributed by atoms with Gasteiger partial charge >= 0.3 is 5.97 Å². The molecule has 5 N–H and O–H groups in total. The van der Waals surface area contributed by atoms with E-state index in [0.717, 1.165) is 0 Å². The van der Waals surface area contributed by atoms with Gasteiger partial charge in [-0.05, 0) is 49.0 Å². The number of hydrogen-bond acceptors (Lipinski definition) is 7. The Hall–Kier alpha value is -1.97. The molecule has 2 unspecified atom stereocenters. The number of aliphatic hydroxyl groups is 1. The average Bonchev–Trinajstić information content (AvgIpc) is 2.60. The molecule has 8 nitrogen and oxygen atoms in total. The van der Waals surface area contributed by atoms with E-state index in [1.165, 1.54) is 30.2 Å². The molecule has 1 rings (SSSR count). The monoisotopic (exact) mass is 387 g/mol. The number of carbonyl (C=O) groups is 2. The van der Waals surface area contributed by atoms with E-state index in [1.807, 2.05) is 0 Å². The number of carbonyl (C=O) groups excluding carboxylic acids is 1. The fourth-order valence-electron chi connectivity index (χ4n) is 2.46. The maximum atomic E-state index is 12.4. The summed E-state index contributed by atoms with van der Waals surface area (Å²) >= 11 is 1.27. The van der Waals surface area contributed by atoms with Crippen LogP contribution >= 0.6 is 12.0 Å².